The minimum atomic E-state index is -0.926. The van der Waals surface area contributed by atoms with E-state index in [0.717, 1.165) is 34.4 Å². The van der Waals surface area contributed by atoms with Crippen molar-refractivity contribution in [3.05, 3.63) is 215 Å². The van der Waals surface area contributed by atoms with Crippen LogP contribution in [0.3, 0.4) is 0 Å². The van der Waals surface area contributed by atoms with Crippen LogP contribution in [0.5, 0.6) is 0 Å². The third kappa shape index (κ3) is 6.66. The molecule has 7 rings (SSSR count). The highest BCUT2D eigenvalue weighted by Gasteiger charge is 2.42. The fourth-order valence-corrected chi connectivity index (χ4v) is 7.12. The number of nitrogens with zero attached hydrogens (tertiary/aromatic N) is 3. The molecule has 0 saturated carbocycles. The summed E-state index contributed by atoms with van der Waals surface area (Å²) in [5, 5.41) is 16.3. The van der Waals surface area contributed by atoms with Crippen LogP contribution in [0.4, 0.5) is 5.69 Å². The number of nitrogens with one attached hydrogen (secondary N) is 1. The average Bonchev–Trinajstić information content (AvgIpc) is 3.66. The number of anilines is 1. The molecule has 0 bridgehead atoms. The smallest absolute Gasteiger partial charge is 0.249 e. The zero-order valence-electron chi connectivity index (χ0n) is 29.3. The number of aryl methyl sites for hydroxylation is 1. The molecule has 1 aromatic heterocycles. The summed E-state index contributed by atoms with van der Waals surface area (Å²) in [4.78, 5) is 18.3. The fraction of sp³-hybridized carbons (Fsp3) is 0.0889. The van der Waals surface area contributed by atoms with Gasteiger partial charge in [0.05, 0.1) is 5.69 Å². The number of amidine groups is 1. The molecule has 262 valence electrons. The minimum Gasteiger partial charge on any atom is -0.409 e. The first-order valence-electron chi connectivity index (χ1n) is 17.5. The van der Waals surface area contributed by atoms with E-state index in [1.54, 1.807) is 18.2 Å². The number of primary amides is 1. The van der Waals surface area contributed by atoms with Gasteiger partial charge in [-0.3, -0.25) is 4.79 Å². The monoisotopic (exact) mass is 696 g/mol. The topological polar surface area (TPSA) is 132 Å². The summed E-state index contributed by atoms with van der Waals surface area (Å²) in [5.74, 6) is 0.188. The van der Waals surface area contributed by atoms with Crippen LogP contribution >= 0.6 is 0 Å². The van der Waals surface area contributed by atoms with Crippen molar-refractivity contribution in [1.29, 1.82) is 0 Å². The van der Waals surface area contributed by atoms with Crippen molar-refractivity contribution in [2.45, 2.75) is 24.9 Å². The first kappa shape index (κ1) is 34.5. The van der Waals surface area contributed by atoms with Crippen LogP contribution in [0, 0.1) is 0 Å². The Bertz CT molecular complexity index is 2260. The summed E-state index contributed by atoms with van der Waals surface area (Å²) < 4.78 is 2.25. The lowest BCUT2D eigenvalue weighted by Crippen LogP contribution is -2.39. The number of carbonyl (C=O) groups excluding carboxylic acids is 1. The zero-order chi connectivity index (χ0) is 36.8. The molecule has 1 unspecified atom stereocenters. The standard InChI is InChI=1S/C45H40N6O2/c1-2-31-15-14-16-33(29-31)41(48-37-27-25-32(26-28-37)42(46)50-53)44-49-40(38-23-12-13-24-39(38)43(47)52)30-51(44)45(34-17-6-3-7-18-34,35-19-8-4-9-20-35)36-21-10-5-11-22-36/h3-30,41,48,53H,2H2,1H3,(H2,46,50)(H2,47,52). The first-order chi connectivity index (χ1) is 25.9. The Hall–Kier alpha value is -6.93. The van der Waals surface area contributed by atoms with Crippen LogP contribution in [-0.4, -0.2) is 26.5 Å². The van der Waals surface area contributed by atoms with Gasteiger partial charge in [-0.25, -0.2) is 4.98 Å². The molecule has 1 atom stereocenters. The third-order valence-electron chi connectivity index (χ3n) is 9.69. The molecule has 7 aromatic rings. The molecule has 8 heteroatoms. The molecule has 0 aliphatic heterocycles. The lowest BCUT2D eigenvalue weighted by molar-refractivity contribution is 0.100. The van der Waals surface area contributed by atoms with Gasteiger partial charge in [0.2, 0.25) is 5.91 Å². The lowest BCUT2D eigenvalue weighted by Gasteiger charge is -2.39. The summed E-state index contributed by atoms with van der Waals surface area (Å²) in [6.07, 6.45) is 2.90. The molecular weight excluding hydrogens is 657 g/mol. The number of benzene rings is 6. The summed E-state index contributed by atoms with van der Waals surface area (Å²) in [6.45, 7) is 2.14. The number of amides is 1. The second-order valence-corrected chi connectivity index (χ2v) is 12.8. The fourth-order valence-electron chi connectivity index (χ4n) is 7.12. The van der Waals surface area contributed by atoms with Crippen LogP contribution in [0.2, 0.25) is 0 Å². The average molecular weight is 697 g/mol. The molecule has 8 nitrogen and oxygen atoms in total. The Morgan fingerprint density at radius 1 is 0.755 bits per heavy atom. The van der Waals surface area contributed by atoms with Gasteiger partial charge in [-0.05, 0) is 64.6 Å². The van der Waals surface area contributed by atoms with Gasteiger partial charge in [0.15, 0.2) is 5.84 Å². The molecule has 6 N–H and O–H groups in total. The van der Waals surface area contributed by atoms with Gasteiger partial charge in [0.1, 0.15) is 17.4 Å². The number of hydrogen-bond donors (Lipinski definition) is 4. The van der Waals surface area contributed by atoms with Crippen molar-refractivity contribution >= 4 is 17.4 Å². The van der Waals surface area contributed by atoms with Gasteiger partial charge in [0, 0.05) is 28.6 Å². The Balaban J connectivity index is 1.59. The van der Waals surface area contributed by atoms with E-state index < -0.39 is 17.5 Å². The predicted molar refractivity (Wildman–Crippen MR) is 211 cm³/mol. The number of oxime groups is 1. The summed E-state index contributed by atoms with van der Waals surface area (Å²) in [6, 6.07) is 54.0. The molecule has 1 heterocycles. The van der Waals surface area contributed by atoms with E-state index in [1.807, 2.05) is 54.7 Å². The quantitative estimate of drug-likeness (QED) is 0.0335. The van der Waals surface area contributed by atoms with Crippen molar-refractivity contribution in [2.75, 3.05) is 5.32 Å². The van der Waals surface area contributed by atoms with E-state index in [9.17, 15) is 10.0 Å². The number of carbonyl (C=O) groups is 1. The van der Waals surface area contributed by atoms with E-state index >= 15 is 0 Å². The normalized spacial score (nSPS) is 12.3. The maximum atomic E-state index is 12.9. The van der Waals surface area contributed by atoms with E-state index in [-0.39, 0.29) is 5.84 Å². The molecule has 1 amide bonds. The van der Waals surface area contributed by atoms with Crippen LogP contribution in [-0.2, 0) is 12.0 Å². The second-order valence-electron chi connectivity index (χ2n) is 12.8. The molecule has 0 saturated heterocycles. The molecule has 0 spiro atoms. The largest absolute Gasteiger partial charge is 0.409 e. The van der Waals surface area contributed by atoms with E-state index in [1.165, 1.54) is 5.56 Å². The van der Waals surface area contributed by atoms with Gasteiger partial charge in [-0.15, -0.1) is 0 Å². The maximum Gasteiger partial charge on any atom is 0.249 e. The number of aromatic nitrogens is 2. The highest BCUT2D eigenvalue weighted by molar-refractivity contribution is 5.99. The molecule has 53 heavy (non-hydrogen) atoms. The SMILES string of the molecule is CCc1cccc(C(Nc2ccc(C(N)=NO)cc2)c2nc(-c3ccccc3C(N)=O)cn2C(c2ccccc2)(c2ccccc2)c2ccccc2)c1. The summed E-state index contributed by atoms with van der Waals surface area (Å²) in [5.41, 5.74) is 19.2. The Morgan fingerprint density at radius 3 is 1.87 bits per heavy atom. The zero-order valence-corrected chi connectivity index (χ0v) is 29.3. The molecular formula is C45H40N6O2. The van der Waals surface area contributed by atoms with Crippen LogP contribution < -0.4 is 16.8 Å². The Morgan fingerprint density at radius 2 is 1.32 bits per heavy atom. The first-order valence-corrected chi connectivity index (χ1v) is 17.5. The molecule has 6 aromatic carbocycles. The molecule has 0 fully saturated rings. The van der Waals surface area contributed by atoms with Crippen molar-refractivity contribution in [3.63, 3.8) is 0 Å². The van der Waals surface area contributed by atoms with Crippen LogP contribution in [0.1, 0.15) is 62.5 Å². The molecule has 0 radical (unpaired) electrons. The van der Waals surface area contributed by atoms with Crippen LogP contribution in [0.25, 0.3) is 11.3 Å². The predicted octanol–water partition coefficient (Wildman–Crippen LogP) is 8.35. The van der Waals surface area contributed by atoms with Gasteiger partial charge >= 0.3 is 0 Å². The highest BCUT2D eigenvalue weighted by Crippen LogP contribution is 2.45. The molecule has 0 aliphatic carbocycles. The summed E-state index contributed by atoms with van der Waals surface area (Å²) >= 11 is 0. The summed E-state index contributed by atoms with van der Waals surface area (Å²) in [7, 11) is 0. The number of nitrogens with two attached hydrogens (primary N) is 2. The lowest BCUT2D eigenvalue weighted by atomic mass is 9.76. The Labute approximate surface area is 309 Å². The Kier molecular flexibility index (Phi) is 9.85. The number of hydrogen-bond acceptors (Lipinski definition) is 5. The van der Waals surface area contributed by atoms with Crippen molar-refractivity contribution in [3.8, 4) is 11.3 Å². The van der Waals surface area contributed by atoms with E-state index in [2.05, 4.69) is 119 Å². The van der Waals surface area contributed by atoms with Gasteiger partial charge in [-0.2, -0.15) is 0 Å². The van der Waals surface area contributed by atoms with Crippen molar-refractivity contribution in [2.24, 2.45) is 16.6 Å². The van der Waals surface area contributed by atoms with E-state index in [4.69, 9.17) is 16.5 Å². The van der Waals surface area contributed by atoms with Gasteiger partial charge < -0.3 is 26.6 Å². The maximum absolute atomic E-state index is 12.9. The minimum absolute atomic E-state index is 0.0235. The third-order valence-corrected chi connectivity index (χ3v) is 9.69. The highest BCUT2D eigenvalue weighted by atomic mass is 16.4. The van der Waals surface area contributed by atoms with Gasteiger partial charge in [0.25, 0.3) is 0 Å². The number of imidazole rings is 1. The van der Waals surface area contributed by atoms with Crippen molar-refractivity contribution in [1.82, 2.24) is 9.55 Å². The van der Waals surface area contributed by atoms with Crippen molar-refractivity contribution < 1.29 is 10.0 Å². The number of rotatable bonds is 12. The van der Waals surface area contributed by atoms with E-state index in [0.29, 0.717) is 28.2 Å². The van der Waals surface area contributed by atoms with Crippen LogP contribution in [0.15, 0.2) is 175 Å². The molecule has 0 aliphatic rings. The van der Waals surface area contributed by atoms with Gasteiger partial charge in [-0.1, -0.05) is 146 Å². The second kappa shape index (κ2) is 15.1.